The lowest BCUT2D eigenvalue weighted by Gasteiger charge is -2.35. The second kappa shape index (κ2) is 15.3. The molecule has 2 rings (SSSR count). The van der Waals surface area contributed by atoms with Crippen LogP contribution in [0.1, 0.15) is 104 Å². The largest absolute Gasteiger partial charge is 0.508 e. The van der Waals surface area contributed by atoms with Gasteiger partial charge >= 0.3 is 6.09 Å². The molecule has 0 spiro atoms. The zero-order valence-corrected chi connectivity index (χ0v) is 23.8. The lowest BCUT2D eigenvalue weighted by molar-refractivity contribution is -0.143. The molecule has 1 saturated carbocycles. The first-order valence-electron chi connectivity index (χ1n) is 14.1. The summed E-state index contributed by atoms with van der Waals surface area (Å²) in [5.74, 6) is -1.98. The summed E-state index contributed by atoms with van der Waals surface area (Å²) in [5.41, 5.74) is 4.89. The third kappa shape index (κ3) is 10.8. The zero-order valence-electron chi connectivity index (χ0n) is 23.8. The predicted octanol–water partition coefficient (Wildman–Crippen LogP) is 4.06. The van der Waals surface area contributed by atoms with Gasteiger partial charge in [-0.05, 0) is 46.1 Å². The second-order valence-electron chi connectivity index (χ2n) is 11.3. The maximum Gasteiger partial charge on any atom is 0.408 e. The Balaban J connectivity index is 2.48. The lowest BCUT2D eigenvalue weighted by Crippen LogP contribution is -2.55. The van der Waals surface area contributed by atoms with Crippen molar-refractivity contribution in [2.24, 2.45) is 5.73 Å². The summed E-state index contributed by atoms with van der Waals surface area (Å²) < 4.78 is 5.31. The summed E-state index contributed by atoms with van der Waals surface area (Å²) in [4.78, 5) is 53.8. The molecule has 2 unspecified atom stereocenters. The van der Waals surface area contributed by atoms with Crippen LogP contribution in [0.2, 0.25) is 0 Å². The van der Waals surface area contributed by atoms with E-state index in [1.54, 1.807) is 39.0 Å². The fourth-order valence-electron chi connectivity index (χ4n) is 4.82. The Labute approximate surface area is 232 Å². The lowest BCUT2D eigenvalue weighted by atomic mass is 9.94. The van der Waals surface area contributed by atoms with Crippen LogP contribution in [0.3, 0.4) is 0 Å². The van der Waals surface area contributed by atoms with E-state index in [1.807, 2.05) is 0 Å². The van der Waals surface area contributed by atoms with Crippen molar-refractivity contribution in [1.82, 2.24) is 15.5 Å². The fraction of sp³-hybridized carbons (Fsp3) is 0.655. The third-order valence-electron chi connectivity index (χ3n) is 6.67. The van der Waals surface area contributed by atoms with Gasteiger partial charge in [0.25, 0.3) is 0 Å². The number of nitrogens with one attached hydrogen (secondary N) is 2. The van der Waals surface area contributed by atoms with Crippen molar-refractivity contribution < 1.29 is 29.0 Å². The smallest absolute Gasteiger partial charge is 0.408 e. The van der Waals surface area contributed by atoms with Crippen LogP contribution < -0.4 is 16.4 Å². The van der Waals surface area contributed by atoms with Gasteiger partial charge in [-0.2, -0.15) is 0 Å². The normalized spacial score (nSPS) is 15.6. The van der Waals surface area contributed by atoms with Gasteiger partial charge in [-0.1, -0.05) is 63.6 Å². The van der Waals surface area contributed by atoms with Gasteiger partial charge in [0, 0.05) is 18.2 Å². The molecule has 1 aliphatic carbocycles. The number of primary amides is 1. The number of benzene rings is 1. The molecular formula is C29H46N4O6. The van der Waals surface area contributed by atoms with E-state index in [2.05, 4.69) is 17.6 Å². The van der Waals surface area contributed by atoms with Gasteiger partial charge < -0.3 is 31.1 Å². The maximum absolute atomic E-state index is 14.1. The first-order chi connectivity index (χ1) is 18.4. The SMILES string of the molecule is CCCCCCN(C(=O)C(CC(N)=O)NC(=O)OC(C)(C)C)C(C(=O)NC1CCCCC1)c1ccccc1O. The van der Waals surface area contributed by atoms with Crippen LogP contribution in [0.4, 0.5) is 4.79 Å². The van der Waals surface area contributed by atoms with E-state index in [4.69, 9.17) is 10.5 Å². The molecule has 5 N–H and O–H groups in total. The molecular weight excluding hydrogens is 500 g/mol. The number of carbonyl (C=O) groups is 4. The van der Waals surface area contributed by atoms with Crippen molar-refractivity contribution in [1.29, 1.82) is 0 Å². The minimum absolute atomic E-state index is 0.0297. The van der Waals surface area contributed by atoms with E-state index in [-0.39, 0.29) is 23.9 Å². The molecule has 1 aliphatic rings. The number of unbranched alkanes of at least 4 members (excludes halogenated alkanes) is 3. The van der Waals surface area contributed by atoms with Crippen LogP contribution in [0.5, 0.6) is 5.75 Å². The third-order valence-corrected chi connectivity index (χ3v) is 6.67. The van der Waals surface area contributed by atoms with Crippen molar-refractivity contribution >= 4 is 23.8 Å². The summed E-state index contributed by atoms with van der Waals surface area (Å²) >= 11 is 0. The summed E-state index contributed by atoms with van der Waals surface area (Å²) in [5, 5.41) is 16.3. The average molecular weight is 547 g/mol. The highest BCUT2D eigenvalue weighted by Crippen LogP contribution is 2.31. The number of aromatic hydroxyl groups is 1. The Kier molecular flexibility index (Phi) is 12.5. The predicted molar refractivity (Wildman–Crippen MR) is 149 cm³/mol. The summed E-state index contributed by atoms with van der Waals surface area (Å²) in [6, 6.07) is 3.86. The Morgan fingerprint density at radius 1 is 1.08 bits per heavy atom. The van der Waals surface area contributed by atoms with Gasteiger partial charge in [0.2, 0.25) is 17.7 Å². The number of nitrogens with zero attached hydrogens (tertiary/aromatic N) is 1. The molecule has 0 heterocycles. The van der Waals surface area contributed by atoms with E-state index in [0.29, 0.717) is 6.42 Å². The molecule has 1 fully saturated rings. The number of para-hydroxylation sites is 1. The molecule has 0 aromatic heterocycles. The van der Waals surface area contributed by atoms with Gasteiger partial charge in [-0.15, -0.1) is 0 Å². The highest BCUT2D eigenvalue weighted by molar-refractivity contribution is 5.94. The first kappa shape index (κ1) is 31.9. The summed E-state index contributed by atoms with van der Waals surface area (Å²) in [6.45, 7) is 7.30. The van der Waals surface area contributed by atoms with Gasteiger partial charge in [0.05, 0.1) is 6.42 Å². The van der Waals surface area contributed by atoms with Crippen molar-refractivity contribution in [2.45, 2.75) is 116 Å². The topological polar surface area (TPSA) is 151 Å². The summed E-state index contributed by atoms with van der Waals surface area (Å²) in [6.07, 6.45) is 6.79. The number of hydrogen-bond acceptors (Lipinski definition) is 6. The Bertz CT molecular complexity index is 971. The summed E-state index contributed by atoms with van der Waals surface area (Å²) in [7, 11) is 0. The Morgan fingerprint density at radius 2 is 1.74 bits per heavy atom. The maximum atomic E-state index is 14.1. The van der Waals surface area contributed by atoms with Crippen molar-refractivity contribution in [3.05, 3.63) is 29.8 Å². The molecule has 10 heteroatoms. The van der Waals surface area contributed by atoms with Crippen LogP contribution in [-0.4, -0.2) is 58.1 Å². The van der Waals surface area contributed by atoms with Crippen LogP contribution in [-0.2, 0) is 19.1 Å². The van der Waals surface area contributed by atoms with Gasteiger partial charge in [0.1, 0.15) is 23.4 Å². The van der Waals surface area contributed by atoms with Crippen molar-refractivity contribution in [3.8, 4) is 5.75 Å². The van der Waals surface area contributed by atoms with Crippen LogP contribution in [0.15, 0.2) is 24.3 Å². The minimum Gasteiger partial charge on any atom is -0.508 e. The van der Waals surface area contributed by atoms with Crippen LogP contribution in [0, 0.1) is 0 Å². The second-order valence-corrected chi connectivity index (χ2v) is 11.3. The number of alkyl carbamates (subject to hydrolysis) is 1. The van der Waals surface area contributed by atoms with Crippen LogP contribution in [0.25, 0.3) is 0 Å². The highest BCUT2D eigenvalue weighted by Gasteiger charge is 2.38. The van der Waals surface area contributed by atoms with E-state index in [0.717, 1.165) is 51.4 Å². The molecule has 2 atom stereocenters. The molecule has 218 valence electrons. The molecule has 39 heavy (non-hydrogen) atoms. The molecule has 1 aromatic carbocycles. The first-order valence-corrected chi connectivity index (χ1v) is 14.1. The number of phenolic OH excluding ortho intramolecular Hbond substituents is 1. The molecule has 0 saturated heterocycles. The number of rotatable bonds is 13. The fourth-order valence-corrected chi connectivity index (χ4v) is 4.82. The molecule has 0 aliphatic heterocycles. The van der Waals surface area contributed by atoms with Crippen molar-refractivity contribution in [2.75, 3.05) is 6.54 Å². The number of nitrogens with two attached hydrogens (primary N) is 1. The van der Waals surface area contributed by atoms with E-state index < -0.39 is 47.9 Å². The number of ether oxygens (including phenoxy) is 1. The zero-order chi connectivity index (χ0) is 29.0. The average Bonchev–Trinajstić information content (AvgIpc) is 2.85. The monoisotopic (exact) mass is 546 g/mol. The molecule has 1 aromatic rings. The number of carbonyl (C=O) groups excluding carboxylic acids is 4. The Morgan fingerprint density at radius 3 is 2.33 bits per heavy atom. The molecule has 0 bridgehead atoms. The molecule has 4 amide bonds. The van der Waals surface area contributed by atoms with E-state index in [9.17, 15) is 24.3 Å². The van der Waals surface area contributed by atoms with E-state index >= 15 is 0 Å². The molecule has 0 radical (unpaired) electrons. The highest BCUT2D eigenvalue weighted by atomic mass is 16.6. The minimum atomic E-state index is -1.35. The van der Waals surface area contributed by atoms with Crippen LogP contribution >= 0.6 is 0 Å². The quantitative estimate of drug-likeness (QED) is 0.274. The number of phenols is 1. The molecule has 10 nitrogen and oxygen atoms in total. The van der Waals surface area contributed by atoms with Gasteiger partial charge in [-0.3, -0.25) is 14.4 Å². The standard InChI is InChI=1S/C29H46N4O6/c1-5-6-7-13-18-33(27(37)22(19-24(30)35)32-28(38)39-29(2,3)4)25(21-16-11-12-17-23(21)34)26(36)31-20-14-9-8-10-15-20/h11-12,16-17,20,22,25,34H,5-10,13-15,18-19H2,1-4H3,(H2,30,35)(H,31,36)(H,32,38). The Hall–Kier alpha value is -3.30. The van der Waals surface area contributed by atoms with Gasteiger partial charge in [-0.25, -0.2) is 4.79 Å². The van der Waals surface area contributed by atoms with Crippen molar-refractivity contribution in [3.63, 3.8) is 0 Å². The van der Waals surface area contributed by atoms with Gasteiger partial charge in [0.15, 0.2) is 0 Å². The number of amides is 4. The number of hydrogen-bond donors (Lipinski definition) is 4. The van der Waals surface area contributed by atoms with E-state index in [1.165, 1.54) is 11.0 Å².